The van der Waals surface area contributed by atoms with Crippen molar-refractivity contribution < 1.29 is 27.5 Å². The number of alkyl carbamates (subject to hydrolysis) is 1. The van der Waals surface area contributed by atoms with Gasteiger partial charge >= 0.3 is 12.3 Å². The van der Waals surface area contributed by atoms with Gasteiger partial charge in [0.25, 0.3) is 5.91 Å². The van der Waals surface area contributed by atoms with Crippen molar-refractivity contribution in [1.82, 2.24) is 15.6 Å². The predicted molar refractivity (Wildman–Crippen MR) is 95.9 cm³/mol. The first-order valence-electron chi connectivity index (χ1n) is 7.36. The van der Waals surface area contributed by atoms with Crippen LogP contribution in [0.3, 0.4) is 0 Å². The summed E-state index contributed by atoms with van der Waals surface area (Å²) in [7, 11) is 0. The van der Waals surface area contributed by atoms with Crippen molar-refractivity contribution in [3.8, 4) is 0 Å². The highest BCUT2D eigenvalue weighted by atomic mass is 79.9. The van der Waals surface area contributed by atoms with Gasteiger partial charge in [0.2, 0.25) is 0 Å². The molecule has 0 bridgehead atoms. The molecule has 0 aromatic carbocycles. The predicted octanol–water partition coefficient (Wildman–Crippen LogP) is 3.36. The number of alkyl halides is 3. The second-order valence-corrected chi connectivity index (χ2v) is 6.15. The quantitative estimate of drug-likeness (QED) is 0.588. The van der Waals surface area contributed by atoms with Crippen LogP contribution in [0.4, 0.5) is 23.8 Å². The molecule has 0 saturated carbocycles. The minimum absolute atomic E-state index is 0.120. The number of carbonyl (C=O) groups excluding carboxylic acids is 2. The standard InChI is InChI=1S/C14H16BrF3N4O3S/c1-3-9(14(16,17)18)20-11(23)8-5-7(15)6-19-10(8)21-12(26)22-13(24)25-4-2/h5-6,9H,3-4H2,1-2H3,(H,20,23)(H2,19,21,22,24,26)/t9-/m1/s1. The Hall–Kier alpha value is -1.95. The van der Waals surface area contributed by atoms with Gasteiger partial charge in [0.1, 0.15) is 11.9 Å². The molecule has 0 fully saturated rings. The third kappa shape index (κ3) is 6.75. The lowest BCUT2D eigenvalue weighted by Gasteiger charge is -2.21. The van der Waals surface area contributed by atoms with Crippen molar-refractivity contribution in [2.45, 2.75) is 32.5 Å². The number of amides is 2. The summed E-state index contributed by atoms with van der Waals surface area (Å²) in [4.78, 5) is 27.5. The van der Waals surface area contributed by atoms with Crippen LogP contribution in [0.2, 0.25) is 0 Å². The molecule has 0 radical (unpaired) electrons. The SMILES string of the molecule is CCOC(=O)NC(=S)Nc1ncc(Br)cc1C(=O)N[C@H](CC)C(F)(F)F. The number of ether oxygens (including phenoxy) is 1. The first-order chi connectivity index (χ1) is 12.1. The van der Waals surface area contributed by atoms with E-state index in [4.69, 9.17) is 12.2 Å². The second kappa shape index (κ2) is 9.67. The van der Waals surface area contributed by atoms with Gasteiger partial charge in [0.05, 0.1) is 12.2 Å². The van der Waals surface area contributed by atoms with Crippen LogP contribution in [0.15, 0.2) is 16.7 Å². The first-order valence-corrected chi connectivity index (χ1v) is 8.56. The van der Waals surface area contributed by atoms with Crippen molar-refractivity contribution in [2.24, 2.45) is 0 Å². The molecule has 1 atom stereocenters. The average Bonchev–Trinajstić information content (AvgIpc) is 2.52. The number of rotatable bonds is 5. The Labute approximate surface area is 161 Å². The van der Waals surface area contributed by atoms with Crippen LogP contribution in [0.25, 0.3) is 0 Å². The zero-order valence-electron chi connectivity index (χ0n) is 13.7. The Kier molecular flexibility index (Phi) is 8.21. The molecular formula is C14H16BrF3N4O3S. The lowest BCUT2D eigenvalue weighted by Crippen LogP contribution is -2.45. The van der Waals surface area contributed by atoms with E-state index in [1.54, 1.807) is 6.92 Å². The number of halogens is 4. The zero-order chi connectivity index (χ0) is 19.9. The van der Waals surface area contributed by atoms with Crippen LogP contribution < -0.4 is 16.0 Å². The average molecular weight is 457 g/mol. The second-order valence-electron chi connectivity index (χ2n) is 4.83. The van der Waals surface area contributed by atoms with Gasteiger partial charge in [-0.15, -0.1) is 0 Å². The van der Waals surface area contributed by atoms with Gasteiger partial charge in [0.15, 0.2) is 5.11 Å². The number of carbonyl (C=O) groups is 2. The summed E-state index contributed by atoms with van der Waals surface area (Å²) in [5, 5.41) is 6.34. The fraction of sp³-hybridized carbons (Fsp3) is 0.429. The maximum atomic E-state index is 12.9. The highest BCUT2D eigenvalue weighted by Crippen LogP contribution is 2.24. The summed E-state index contributed by atoms with van der Waals surface area (Å²) in [5.74, 6) is -1.12. The van der Waals surface area contributed by atoms with E-state index in [0.717, 1.165) is 0 Å². The summed E-state index contributed by atoms with van der Waals surface area (Å²) >= 11 is 7.99. The molecule has 2 amide bonds. The molecule has 0 aliphatic carbocycles. The van der Waals surface area contributed by atoms with Crippen molar-refractivity contribution in [3.63, 3.8) is 0 Å². The normalized spacial score (nSPS) is 12.1. The molecule has 1 heterocycles. The Bertz CT molecular complexity index is 688. The van der Waals surface area contributed by atoms with Gasteiger partial charge < -0.3 is 15.4 Å². The van der Waals surface area contributed by atoms with E-state index in [2.05, 4.69) is 36.3 Å². The number of nitrogens with one attached hydrogen (secondary N) is 3. The van der Waals surface area contributed by atoms with Crippen molar-refractivity contribution in [3.05, 3.63) is 22.3 Å². The van der Waals surface area contributed by atoms with Crippen molar-refractivity contribution >= 4 is 51.1 Å². The number of hydrogen-bond donors (Lipinski definition) is 3. The minimum Gasteiger partial charge on any atom is -0.450 e. The number of pyridine rings is 1. The molecule has 26 heavy (non-hydrogen) atoms. The van der Waals surface area contributed by atoms with E-state index in [9.17, 15) is 22.8 Å². The van der Waals surface area contributed by atoms with E-state index < -0.39 is 24.2 Å². The monoisotopic (exact) mass is 456 g/mol. The fourth-order valence-electron chi connectivity index (χ4n) is 1.76. The fourth-order valence-corrected chi connectivity index (χ4v) is 2.27. The highest BCUT2D eigenvalue weighted by Gasteiger charge is 2.39. The van der Waals surface area contributed by atoms with Gasteiger partial charge in [-0.05, 0) is 47.6 Å². The number of nitrogens with zero attached hydrogens (tertiary/aromatic N) is 1. The van der Waals surface area contributed by atoms with Crippen LogP contribution in [0, 0.1) is 0 Å². The van der Waals surface area contributed by atoms with Crippen LogP contribution >= 0.6 is 28.1 Å². The Balaban J connectivity index is 2.98. The van der Waals surface area contributed by atoms with E-state index >= 15 is 0 Å². The minimum atomic E-state index is -4.59. The molecule has 1 aromatic heterocycles. The van der Waals surface area contributed by atoms with Crippen molar-refractivity contribution in [1.29, 1.82) is 0 Å². The molecule has 1 rings (SSSR count). The third-order valence-electron chi connectivity index (χ3n) is 2.93. The molecule has 144 valence electrons. The van der Waals surface area contributed by atoms with E-state index in [0.29, 0.717) is 4.47 Å². The number of anilines is 1. The largest absolute Gasteiger partial charge is 0.450 e. The van der Waals surface area contributed by atoms with Crippen LogP contribution in [0.5, 0.6) is 0 Å². The van der Waals surface area contributed by atoms with Gasteiger partial charge in [-0.2, -0.15) is 13.2 Å². The Morgan fingerprint density at radius 3 is 2.58 bits per heavy atom. The van der Waals surface area contributed by atoms with Crippen LogP contribution in [-0.4, -0.2) is 40.9 Å². The summed E-state index contributed by atoms with van der Waals surface area (Å²) in [6, 6.07) is -0.729. The highest BCUT2D eigenvalue weighted by molar-refractivity contribution is 9.10. The molecular weight excluding hydrogens is 441 g/mol. The van der Waals surface area contributed by atoms with Gasteiger partial charge in [0, 0.05) is 10.7 Å². The molecule has 3 N–H and O–H groups in total. The molecule has 0 unspecified atom stereocenters. The Morgan fingerprint density at radius 2 is 2.04 bits per heavy atom. The molecule has 1 aromatic rings. The summed E-state index contributed by atoms with van der Waals surface area (Å²) in [5.41, 5.74) is -0.185. The van der Waals surface area contributed by atoms with E-state index in [1.807, 2.05) is 5.32 Å². The maximum absolute atomic E-state index is 12.9. The topological polar surface area (TPSA) is 92.3 Å². The smallest absolute Gasteiger partial charge is 0.413 e. The Morgan fingerprint density at radius 1 is 1.38 bits per heavy atom. The zero-order valence-corrected chi connectivity index (χ0v) is 16.1. The van der Waals surface area contributed by atoms with Crippen LogP contribution in [0.1, 0.15) is 30.6 Å². The lowest BCUT2D eigenvalue weighted by molar-refractivity contribution is -0.153. The number of aromatic nitrogens is 1. The van der Waals surface area contributed by atoms with E-state index in [-0.39, 0.29) is 29.5 Å². The van der Waals surface area contributed by atoms with Gasteiger partial charge in [-0.1, -0.05) is 6.92 Å². The third-order valence-corrected chi connectivity index (χ3v) is 3.57. The van der Waals surface area contributed by atoms with Crippen LogP contribution in [-0.2, 0) is 4.74 Å². The van der Waals surface area contributed by atoms with Gasteiger partial charge in [-0.25, -0.2) is 9.78 Å². The number of thiocarbonyl (C=S) groups is 1. The lowest BCUT2D eigenvalue weighted by atomic mass is 10.2. The molecule has 0 spiro atoms. The summed E-state index contributed by atoms with van der Waals surface area (Å²) in [6.07, 6.45) is -4.43. The van der Waals surface area contributed by atoms with Gasteiger partial charge in [-0.3, -0.25) is 10.1 Å². The summed E-state index contributed by atoms with van der Waals surface area (Å²) in [6.45, 7) is 3.02. The maximum Gasteiger partial charge on any atom is 0.413 e. The first kappa shape index (κ1) is 22.1. The molecule has 7 nitrogen and oxygen atoms in total. The number of hydrogen-bond acceptors (Lipinski definition) is 5. The molecule has 12 heteroatoms. The summed E-state index contributed by atoms with van der Waals surface area (Å²) < 4.78 is 43.6. The van der Waals surface area contributed by atoms with E-state index in [1.165, 1.54) is 19.2 Å². The van der Waals surface area contributed by atoms with Crippen molar-refractivity contribution in [2.75, 3.05) is 11.9 Å². The molecule has 0 aliphatic rings. The molecule has 0 aliphatic heterocycles. The molecule has 0 saturated heterocycles.